The molecule has 0 radical (unpaired) electrons. The molecule has 0 spiro atoms. The maximum Gasteiger partial charge on any atom is 0.260 e. The summed E-state index contributed by atoms with van der Waals surface area (Å²) >= 11 is 0. The maximum absolute atomic E-state index is 13.3. The van der Waals surface area contributed by atoms with E-state index in [2.05, 4.69) is 17.4 Å². The van der Waals surface area contributed by atoms with Crippen LogP contribution in [-0.4, -0.2) is 36.4 Å². The highest BCUT2D eigenvalue weighted by Crippen LogP contribution is 2.40. The predicted octanol–water partition coefficient (Wildman–Crippen LogP) is 4.53. The summed E-state index contributed by atoms with van der Waals surface area (Å²) < 4.78 is 5.64. The first kappa shape index (κ1) is 20.5. The third-order valence-electron chi connectivity index (χ3n) is 6.40. The van der Waals surface area contributed by atoms with Crippen molar-refractivity contribution in [3.63, 3.8) is 0 Å². The van der Waals surface area contributed by atoms with E-state index in [1.54, 1.807) is 0 Å². The van der Waals surface area contributed by atoms with E-state index in [-0.39, 0.29) is 18.4 Å². The van der Waals surface area contributed by atoms with Crippen LogP contribution >= 0.6 is 0 Å². The minimum atomic E-state index is -0.461. The van der Waals surface area contributed by atoms with Gasteiger partial charge in [-0.3, -0.25) is 9.59 Å². The molecule has 1 saturated carbocycles. The van der Waals surface area contributed by atoms with Gasteiger partial charge in [-0.2, -0.15) is 0 Å². The van der Waals surface area contributed by atoms with Crippen LogP contribution in [0.2, 0.25) is 0 Å². The summed E-state index contributed by atoms with van der Waals surface area (Å²) in [5, 5.41) is 3.12. The second kappa shape index (κ2) is 9.33. The average molecular weight is 407 g/mol. The number of rotatable bonds is 6. The van der Waals surface area contributed by atoms with Gasteiger partial charge < -0.3 is 15.0 Å². The normalized spacial score (nSPS) is 18.1. The molecule has 2 aliphatic rings. The molecule has 5 nitrogen and oxygen atoms in total. The van der Waals surface area contributed by atoms with Crippen LogP contribution in [0.3, 0.4) is 0 Å². The summed E-state index contributed by atoms with van der Waals surface area (Å²) in [6, 6.07) is 17.4. The molecule has 2 amide bonds. The summed E-state index contributed by atoms with van der Waals surface area (Å²) in [7, 11) is 0. The molecule has 1 aliphatic heterocycles. The molecule has 2 aromatic rings. The Bertz CT molecular complexity index is 852. The van der Waals surface area contributed by atoms with Crippen molar-refractivity contribution in [2.75, 3.05) is 25.0 Å². The Kier molecular flexibility index (Phi) is 6.36. The lowest BCUT2D eigenvalue weighted by molar-refractivity contribution is -0.132. The zero-order valence-corrected chi connectivity index (χ0v) is 17.4. The lowest BCUT2D eigenvalue weighted by Crippen LogP contribution is -2.42. The number of ether oxygens (including phenoxy) is 1. The van der Waals surface area contributed by atoms with Crippen LogP contribution in [0.1, 0.15) is 50.5 Å². The van der Waals surface area contributed by atoms with E-state index >= 15 is 0 Å². The quantitative estimate of drug-likeness (QED) is 0.767. The van der Waals surface area contributed by atoms with Gasteiger partial charge in [-0.05, 0) is 55.5 Å². The first-order chi connectivity index (χ1) is 14.7. The van der Waals surface area contributed by atoms with Gasteiger partial charge in [0.05, 0.1) is 5.41 Å². The second-order valence-electron chi connectivity index (χ2n) is 8.36. The van der Waals surface area contributed by atoms with Gasteiger partial charge in [0.15, 0.2) is 6.61 Å². The summed E-state index contributed by atoms with van der Waals surface area (Å²) in [5.74, 6) is 0.731. The van der Waals surface area contributed by atoms with Crippen molar-refractivity contribution in [3.8, 4) is 5.75 Å². The summed E-state index contributed by atoms with van der Waals surface area (Å²) in [6.45, 7) is 1.72. The number of hydrogen-bond acceptors (Lipinski definition) is 3. The van der Waals surface area contributed by atoms with E-state index < -0.39 is 5.41 Å². The molecule has 2 fully saturated rings. The number of benzene rings is 2. The Balaban J connectivity index is 1.39. The maximum atomic E-state index is 13.3. The number of nitrogens with one attached hydrogen (secondary N) is 1. The van der Waals surface area contributed by atoms with Crippen molar-refractivity contribution in [2.45, 2.75) is 50.4 Å². The number of carbonyl (C=O) groups is 2. The molecular formula is C25H30N2O3. The Morgan fingerprint density at radius 1 is 0.867 bits per heavy atom. The van der Waals surface area contributed by atoms with Gasteiger partial charge in [0.1, 0.15) is 5.75 Å². The van der Waals surface area contributed by atoms with Crippen LogP contribution in [0, 0.1) is 0 Å². The summed E-state index contributed by atoms with van der Waals surface area (Å²) in [5.41, 5.74) is 1.39. The Labute approximate surface area is 178 Å². The number of amides is 2. The molecule has 2 aromatic carbocycles. The molecule has 1 N–H and O–H groups in total. The zero-order chi connectivity index (χ0) is 20.8. The van der Waals surface area contributed by atoms with Crippen LogP contribution in [0.4, 0.5) is 5.69 Å². The third kappa shape index (κ3) is 4.50. The highest BCUT2D eigenvalue weighted by Gasteiger charge is 2.41. The molecule has 4 rings (SSSR count). The molecule has 0 atom stereocenters. The minimum Gasteiger partial charge on any atom is -0.484 e. The molecule has 1 aliphatic carbocycles. The van der Waals surface area contributed by atoms with E-state index in [1.165, 1.54) is 6.42 Å². The zero-order valence-electron chi connectivity index (χ0n) is 17.4. The van der Waals surface area contributed by atoms with Crippen molar-refractivity contribution < 1.29 is 14.3 Å². The van der Waals surface area contributed by atoms with Crippen molar-refractivity contribution >= 4 is 17.5 Å². The predicted molar refractivity (Wildman–Crippen MR) is 118 cm³/mol. The first-order valence-electron chi connectivity index (χ1n) is 11.0. The van der Waals surface area contributed by atoms with E-state index in [0.29, 0.717) is 5.75 Å². The smallest absolute Gasteiger partial charge is 0.260 e. The van der Waals surface area contributed by atoms with Gasteiger partial charge in [0.2, 0.25) is 5.91 Å². The number of likely N-dealkylation sites (tertiary alicyclic amines) is 1. The van der Waals surface area contributed by atoms with Crippen molar-refractivity contribution in [2.24, 2.45) is 0 Å². The first-order valence-corrected chi connectivity index (χ1v) is 11.0. The van der Waals surface area contributed by atoms with Crippen LogP contribution in [0.25, 0.3) is 0 Å². The number of carbonyl (C=O) groups excluding carboxylic acids is 2. The van der Waals surface area contributed by atoms with Crippen LogP contribution < -0.4 is 10.1 Å². The largest absolute Gasteiger partial charge is 0.484 e. The topological polar surface area (TPSA) is 58.6 Å². The molecule has 5 heteroatoms. The van der Waals surface area contributed by atoms with E-state index in [4.69, 9.17) is 4.74 Å². The fourth-order valence-corrected chi connectivity index (χ4v) is 4.65. The highest BCUT2D eigenvalue weighted by molar-refractivity contribution is 5.99. The molecular weight excluding hydrogens is 376 g/mol. The molecule has 1 heterocycles. The standard InChI is InChI=1S/C25H30N2O3/c28-23(27-17-7-8-18-27)19-30-22-13-11-21(12-14-22)26-24(29)25(15-5-2-6-16-25)20-9-3-1-4-10-20/h1,3-4,9-14H,2,5-8,15-19H2,(H,26,29). The van der Waals surface area contributed by atoms with Gasteiger partial charge >= 0.3 is 0 Å². The Hall–Kier alpha value is -2.82. The Morgan fingerprint density at radius 2 is 1.53 bits per heavy atom. The van der Waals surface area contributed by atoms with E-state index in [9.17, 15) is 9.59 Å². The van der Waals surface area contributed by atoms with Crippen LogP contribution in [0.15, 0.2) is 54.6 Å². The van der Waals surface area contributed by atoms with E-state index in [0.717, 1.165) is 62.9 Å². The molecule has 0 unspecified atom stereocenters. The third-order valence-corrected chi connectivity index (χ3v) is 6.40. The minimum absolute atomic E-state index is 0.0342. The van der Waals surface area contributed by atoms with Crippen LogP contribution in [0.5, 0.6) is 5.75 Å². The van der Waals surface area contributed by atoms with Crippen molar-refractivity contribution in [3.05, 3.63) is 60.2 Å². The van der Waals surface area contributed by atoms with Gasteiger partial charge in [-0.1, -0.05) is 49.6 Å². The monoisotopic (exact) mass is 406 g/mol. The van der Waals surface area contributed by atoms with Crippen molar-refractivity contribution in [1.82, 2.24) is 4.90 Å². The lowest BCUT2D eigenvalue weighted by atomic mass is 9.68. The number of anilines is 1. The summed E-state index contributed by atoms with van der Waals surface area (Å²) in [4.78, 5) is 27.3. The van der Waals surface area contributed by atoms with Gasteiger partial charge in [0, 0.05) is 18.8 Å². The fourth-order valence-electron chi connectivity index (χ4n) is 4.65. The van der Waals surface area contributed by atoms with Gasteiger partial charge in [-0.15, -0.1) is 0 Å². The Morgan fingerprint density at radius 3 is 2.20 bits per heavy atom. The SMILES string of the molecule is O=C(COc1ccc(NC(=O)C2(c3ccccc3)CCCCC2)cc1)N1CCCC1. The van der Waals surface area contributed by atoms with Crippen molar-refractivity contribution in [1.29, 1.82) is 0 Å². The van der Waals surface area contributed by atoms with Gasteiger partial charge in [-0.25, -0.2) is 0 Å². The number of nitrogens with zero attached hydrogens (tertiary/aromatic N) is 1. The average Bonchev–Trinajstić information content (AvgIpc) is 3.34. The molecule has 158 valence electrons. The molecule has 30 heavy (non-hydrogen) atoms. The molecule has 0 bridgehead atoms. The molecule has 1 saturated heterocycles. The van der Waals surface area contributed by atoms with E-state index in [1.807, 2.05) is 47.4 Å². The fraction of sp³-hybridized carbons (Fsp3) is 0.440. The highest BCUT2D eigenvalue weighted by atomic mass is 16.5. The van der Waals surface area contributed by atoms with Gasteiger partial charge in [0.25, 0.3) is 5.91 Å². The number of hydrogen-bond donors (Lipinski definition) is 1. The lowest BCUT2D eigenvalue weighted by Gasteiger charge is -2.36. The van der Waals surface area contributed by atoms with Crippen LogP contribution in [-0.2, 0) is 15.0 Å². The summed E-state index contributed by atoms with van der Waals surface area (Å²) in [6.07, 6.45) is 7.23. The second-order valence-corrected chi connectivity index (χ2v) is 8.36. The molecule has 0 aromatic heterocycles.